The number of ether oxygens (including phenoxy) is 2. The van der Waals surface area contributed by atoms with Gasteiger partial charge < -0.3 is 29.9 Å². The molecule has 1 fully saturated rings. The number of methoxy groups -OCH3 is 1. The molecular formula is C24H35N3O5. The Labute approximate surface area is 189 Å². The van der Waals surface area contributed by atoms with Gasteiger partial charge in [0.2, 0.25) is 0 Å². The van der Waals surface area contributed by atoms with Crippen LogP contribution < -0.4 is 14.8 Å². The summed E-state index contributed by atoms with van der Waals surface area (Å²) in [5, 5.41) is 20.7. The van der Waals surface area contributed by atoms with Crippen LogP contribution >= 0.6 is 0 Å². The summed E-state index contributed by atoms with van der Waals surface area (Å²) in [6, 6.07) is 4.08. The van der Waals surface area contributed by atoms with Crippen molar-refractivity contribution in [3.63, 3.8) is 0 Å². The lowest BCUT2D eigenvalue weighted by atomic mass is 10.1. The second-order valence-electron chi connectivity index (χ2n) is 8.15. The zero-order valence-electron chi connectivity index (χ0n) is 18.9. The lowest BCUT2D eigenvalue weighted by molar-refractivity contribution is -0.122. The van der Waals surface area contributed by atoms with E-state index < -0.39 is 0 Å². The first-order chi connectivity index (χ1) is 15.7. The molecule has 0 radical (unpaired) electrons. The van der Waals surface area contributed by atoms with Crippen molar-refractivity contribution in [3.05, 3.63) is 23.4 Å². The van der Waals surface area contributed by atoms with Gasteiger partial charge in [0.25, 0.3) is 6.47 Å². The molecule has 1 aromatic carbocycles. The van der Waals surface area contributed by atoms with Crippen molar-refractivity contribution < 1.29 is 24.5 Å². The zero-order valence-corrected chi connectivity index (χ0v) is 18.9. The molecule has 3 N–H and O–H groups in total. The van der Waals surface area contributed by atoms with Gasteiger partial charge in [0.05, 0.1) is 19.2 Å². The summed E-state index contributed by atoms with van der Waals surface area (Å²) in [7, 11) is 1.69. The summed E-state index contributed by atoms with van der Waals surface area (Å²) >= 11 is 0. The number of likely N-dealkylation sites (tertiary alicyclic amines) is 1. The van der Waals surface area contributed by atoms with Crippen LogP contribution in [0.3, 0.4) is 0 Å². The Morgan fingerprint density at radius 3 is 2.66 bits per heavy atom. The van der Waals surface area contributed by atoms with Crippen LogP contribution in [0.15, 0.2) is 12.1 Å². The molecule has 0 bridgehead atoms. The van der Waals surface area contributed by atoms with E-state index in [9.17, 15) is 0 Å². The predicted octanol–water partition coefficient (Wildman–Crippen LogP) is 3.09. The lowest BCUT2D eigenvalue weighted by Gasteiger charge is -2.18. The summed E-state index contributed by atoms with van der Waals surface area (Å²) < 4.78 is 11.8. The van der Waals surface area contributed by atoms with E-state index in [1.54, 1.807) is 7.11 Å². The first-order valence-electron chi connectivity index (χ1n) is 11.5. The Kier molecular flexibility index (Phi) is 9.37. The van der Waals surface area contributed by atoms with E-state index in [2.05, 4.69) is 16.3 Å². The van der Waals surface area contributed by atoms with Crippen molar-refractivity contribution in [2.75, 3.05) is 51.8 Å². The highest BCUT2D eigenvalue weighted by molar-refractivity contribution is 5.96. The lowest BCUT2D eigenvalue weighted by Crippen LogP contribution is -2.21. The van der Waals surface area contributed by atoms with E-state index in [0.717, 1.165) is 73.3 Å². The average molecular weight is 446 g/mol. The van der Waals surface area contributed by atoms with Crippen molar-refractivity contribution in [1.82, 2.24) is 9.88 Å². The smallest absolute Gasteiger partial charge is 0.290 e. The Balaban J connectivity index is 0.000000913. The number of fused-ring (bicyclic) bond motifs is 2. The topological polar surface area (TPSA) is 104 Å². The van der Waals surface area contributed by atoms with Crippen molar-refractivity contribution in [3.8, 4) is 11.5 Å². The highest BCUT2D eigenvalue weighted by atomic mass is 16.5. The van der Waals surface area contributed by atoms with Gasteiger partial charge in [-0.3, -0.25) is 9.78 Å². The quantitative estimate of drug-likeness (QED) is 0.379. The molecule has 1 aromatic heterocycles. The third kappa shape index (κ3) is 6.01. The highest BCUT2D eigenvalue weighted by Crippen LogP contribution is 2.39. The van der Waals surface area contributed by atoms with Crippen LogP contribution in [0.4, 0.5) is 5.69 Å². The largest absolute Gasteiger partial charge is 0.493 e. The van der Waals surface area contributed by atoms with E-state index in [1.165, 1.54) is 37.2 Å². The number of hydrogen-bond acceptors (Lipinski definition) is 7. The van der Waals surface area contributed by atoms with Crippen molar-refractivity contribution in [2.24, 2.45) is 0 Å². The highest BCUT2D eigenvalue weighted by Gasteiger charge is 2.21. The molecule has 1 aliphatic heterocycles. The van der Waals surface area contributed by atoms with Gasteiger partial charge in [-0.15, -0.1) is 0 Å². The second kappa shape index (κ2) is 12.5. The van der Waals surface area contributed by atoms with Crippen LogP contribution in [0.2, 0.25) is 0 Å². The van der Waals surface area contributed by atoms with Gasteiger partial charge in [0, 0.05) is 42.5 Å². The predicted molar refractivity (Wildman–Crippen MR) is 125 cm³/mol. The van der Waals surface area contributed by atoms with E-state index in [1.807, 2.05) is 6.07 Å². The number of nitrogens with zero attached hydrogens (tertiary/aromatic N) is 2. The molecule has 0 unspecified atom stereocenters. The molecule has 2 heterocycles. The molecule has 2 aliphatic rings. The number of hydrogen-bond donors (Lipinski definition) is 3. The summed E-state index contributed by atoms with van der Waals surface area (Å²) in [4.78, 5) is 15.8. The standard InChI is InChI=1S/C23H33N3O3.CH2O2/c1-28-21-15-18-20(16-22(21)29-14-6-12-26-10-2-3-11-26)25-19-8-4-7-17(19)23(18)24-9-5-13-27;2-1-3/h15-16,27H,2-14H2,1H3,(H,24,25);1H,(H,2,3). The number of rotatable bonds is 10. The van der Waals surface area contributed by atoms with E-state index >= 15 is 0 Å². The molecule has 2 aromatic rings. The fraction of sp³-hybridized carbons (Fsp3) is 0.583. The number of pyridine rings is 1. The molecule has 1 aliphatic carbocycles. The monoisotopic (exact) mass is 445 g/mol. The van der Waals surface area contributed by atoms with Crippen LogP contribution in [0.25, 0.3) is 10.9 Å². The van der Waals surface area contributed by atoms with Gasteiger partial charge in [0.1, 0.15) is 0 Å². The molecule has 8 nitrogen and oxygen atoms in total. The van der Waals surface area contributed by atoms with Gasteiger partial charge in [-0.05, 0) is 69.7 Å². The molecule has 32 heavy (non-hydrogen) atoms. The van der Waals surface area contributed by atoms with Gasteiger partial charge >= 0.3 is 0 Å². The van der Waals surface area contributed by atoms with Crippen LogP contribution in [0, 0.1) is 0 Å². The Morgan fingerprint density at radius 1 is 1.16 bits per heavy atom. The van der Waals surface area contributed by atoms with E-state index in [0.29, 0.717) is 6.61 Å². The minimum Gasteiger partial charge on any atom is -0.493 e. The van der Waals surface area contributed by atoms with Gasteiger partial charge in [-0.2, -0.15) is 0 Å². The third-order valence-electron chi connectivity index (χ3n) is 6.01. The van der Waals surface area contributed by atoms with Crippen molar-refractivity contribution in [2.45, 2.75) is 44.9 Å². The molecule has 0 atom stereocenters. The number of aromatic nitrogens is 1. The molecule has 0 amide bonds. The van der Waals surface area contributed by atoms with Crippen molar-refractivity contribution >= 4 is 23.1 Å². The summed E-state index contributed by atoms with van der Waals surface area (Å²) in [6.45, 7) is 4.92. The third-order valence-corrected chi connectivity index (χ3v) is 6.01. The summed E-state index contributed by atoms with van der Waals surface area (Å²) in [6.07, 6.45) is 7.62. The maximum Gasteiger partial charge on any atom is 0.290 e. The summed E-state index contributed by atoms with van der Waals surface area (Å²) in [5.41, 5.74) is 4.60. The van der Waals surface area contributed by atoms with Gasteiger partial charge in [-0.25, -0.2) is 0 Å². The van der Waals surface area contributed by atoms with Crippen LogP contribution in [0.5, 0.6) is 11.5 Å². The second-order valence-corrected chi connectivity index (χ2v) is 8.15. The van der Waals surface area contributed by atoms with E-state index in [-0.39, 0.29) is 13.1 Å². The number of aryl methyl sites for hydroxylation is 1. The number of anilines is 1. The first kappa shape index (κ1) is 24.1. The molecule has 0 spiro atoms. The Morgan fingerprint density at radius 2 is 1.94 bits per heavy atom. The van der Waals surface area contributed by atoms with Gasteiger partial charge in [0.15, 0.2) is 11.5 Å². The van der Waals surface area contributed by atoms with E-state index in [4.69, 9.17) is 29.5 Å². The fourth-order valence-corrected chi connectivity index (χ4v) is 4.51. The SMILES string of the molecule is COc1cc2c(NCCCO)c3c(nc2cc1OCCCN1CCCC1)CCC3.O=CO. The first-order valence-corrected chi connectivity index (χ1v) is 11.5. The van der Waals surface area contributed by atoms with Crippen LogP contribution in [-0.4, -0.2) is 73.1 Å². The van der Waals surface area contributed by atoms with Crippen LogP contribution in [0.1, 0.15) is 43.4 Å². The van der Waals surface area contributed by atoms with Crippen LogP contribution in [-0.2, 0) is 17.6 Å². The average Bonchev–Trinajstić information content (AvgIpc) is 3.48. The minimum absolute atomic E-state index is 0.191. The molecule has 176 valence electrons. The molecule has 8 heteroatoms. The molecule has 1 saturated heterocycles. The zero-order chi connectivity index (χ0) is 22.8. The van der Waals surface area contributed by atoms with Crippen molar-refractivity contribution in [1.29, 1.82) is 0 Å². The summed E-state index contributed by atoms with van der Waals surface area (Å²) in [5.74, 6) is 1.52. The maximum atomic E-state index is 9.15. The molecule has 4 rings (SSSR count). The van der Waals surface area contributed by atoms with Gasteiger partial charge in [-0.1, -0.05) is 0 Å². The number of aliphatic hydroxyl groups excluding tert-OH is 1. The Hall–Kier alpha value is -2.58. The number of carboxylic acid groups (broad SMARTS) is 1. The number of nitrogens with one attached hydrogen (secondary N) is 1. The normalized spacial score (nSPS) is 15.2. The minimum atomic E-state index is -0.250. The maximum absolute atomic E-state index is 9.15. The molecular weight excluding hydrogens is 410 g/mol. The number of carbonyl (C=O) groups is 1. The molecule has 0 saturated carbocycles. The Bertz CT molecular complexity index is 884. The number of aliphatic hydroxyl groups is 1. The number of benzene rings is 1. The fourth-order valence-electron chi connectivity index (χ4n) is 4.51.